The van der Waals surface area contributed by atoms with Crippen molar-refractivity contribution in [1.29, 1.82) is 0 Å². The highest BCUT2D eigenvalue weighted by Gasteiger charge is 2.28. The molecule has 2 atom stereocenters. The topological polar surface area (TPSA) is 32.5 Å². The van der Waals surface area contributed by atoms with E-state index in [-0.39, 0.29) is 6.04 Å². The third kappa shape index (κ3) is 3.60. The van der Waals surface area contributed by atoms with Crippen molar-refractivity contribution in [2.75, 3.05) is 32.7 Å². The summed E-state index contributed by atoms with van der Waals surface area (Å²) in [4.78, 5) is 5.28. The molecule has 2 N–H and O–H groups in total. The third-order valence-electron chi connectivity index (χ3n) is 4.72. The molecule has 3 rings (SSSR count). The SMILES string of the molecule is NC(Cc1ccccc1)CN1CCCN2CCCC2C1. The minimum Gasteiger partial charge on any atom is -0.326 e. The number of nitrogens with zero attached hydrogens (tertiary/aromatic N) is 2. The number of hydrogen-bond acceptors (Lipinski definition) is 3. The number of fused-ring (bicyclic) bond motifs is 1. The summed E-state index contributed by atoms with van der Waals surface area (Å²) in [6.45, 7) is 6.08. The van der Waals surface area contributed by atoms with Gasteiger partial charge in [-0.3, -0.25) is 4.90 Å². The Morgan fingerprint density at radius 3 is 2.75 bits per heavy atom. The summed E-state index contributed by atoms with van der Waals surface area (Å²) in [5, 5.41) is 0. The van der Waals surface area contributed by atoms with Crippen LogP contribution in [0, 0.1) is 0 Å². The molecule has 2 aliphatic rings. The molecule has 0 radical (unpaired) electrons. The Morgan fingerprint density at radius 1 is 1.10 bits per heavy atom. The lowest BCUT2D eigenvalue weighted by molar-refractivity contribution is 0.212. The van der Waals surface area contributed by atoms with E-state index in [9.17, 15) is 0 Å². The van der Waals surface area contributed by atoms with Crippen LogP contribution in [0.25, 0.3) is 0 Å². The van der Waals surface area contributed by atoms with E-state index in [4.69, 9.17) is 5.73 Å². The van der Waals surface area contributed by atoms with Crippen LogP contribution in [0.3, 0.4) is 0 Å². The van der Waals surface area contributed by atoms with Gasteiger partial charge in [0.1, 0.15) is 0 Å². The van der Waals surface area contributed by atoms with Gasteiger partial charge in [0.15, 0.2) is 0 Å². The molecular weight excluding hydrogens is 246 g/mol. The monoisotopic (exact) mass is 273 g/mol. The molecule has 0 aromatic heterocycles. The van der Waals surface area contributed by atoms with Gasteiger partial charge in [-0.1, -0.05) is 30.3 Å². The molecule has 1 aromatic carbocycles. The largest absolute Gasteiger partial charge is 0.326 e. The van der Waals surface area contributed by atoms with Crippen LogP contribution in [0.4, 0.5) is 0 Å². The molecular formula is C17H27N3. The predicted molar refractivity (Wildman–Crippen MR) is 83.8 cm³/mol. The standard InChI is InChI=1S/C17H27N3/c18-16(12-15-6-2-1-3-7-15)13-19-9-5-11-20-10-4-8-17(20)14-19/h1-3,6-7,16-17H,4-5,8-14,18H2. The molecule has 0 amide bonds. The molecule has 1 aromatic rings. The first-order valence-corrected chi connectivity index (χ1v) is 8.07. The fourth-order valence-corrected chi connectivity index (χ4v) is 3.76. The minimum atomic E-state index is 0.255. The van der Waals surface area contributed by atoms with Crippen molar-refractivity contribution in [2.45, 2.75) is 37.8 Å². The lowest BCUT2D eigenvalue weighted by atomic mass is 10.1. The van der Waals surface area contributed by atoms with Crippen molar-refractivity contribution in [2.24, 2.45) is 5.73 Å². The van der Waals surface area contributed by atoms with E-state index in [0.717, 1.165) is 19.0 Å². The van der Waals surface area contributed by atoms with E-state index in [1.165, 1.54) is 51.0 Å². The first kappa shape index (κ1) is 14.1. The molecule has 2 aliphatic heterocycles. The summed E-state index contributed by atoms with van der Waals surface area (Å²) in [5.74, 6) is 0. The molecule has 3 nitrogen and oxygen atoms in total. The highest BCUT2D eigenvalue weighted by Crippen LogP contribution is 2.21. The van der Waals surface area contributed by atoms with Gasteiger partial charge in [-0.2, -0.15) is 0 Å². The van der Waals surface area contributed by atoms with Crippen molar-refractivity contribution in [3.63, 3.8) is 0 Å². The third-order valence-corrected chi connectivity index (χ3v) is 4.72. The van der Waals surface area contributed by atoms with Gasteiger partial charge in [0.2, 0.25) is 0 Å². The summed E-state index contributed by atoms with van der Waals surface area (Å²) in [6.07, 6.45) is 5.05. The molecule has 2 heterocycles. The van der Waals surface area contributed by atoms with Crippen LogP contribution in [-0.2, 0) is 6.42 Å². The number of nitrogens with two attached hydrogens (primary N) is 1. The van der Waals surface area contributed by atoms with Crippen molar-refractivity contribution < 1.29 is 0 Å². The molecule has 0 spiro atoms. The van der Waals surface area contributed by atoms with Gasteiger partial charge in [0.25, 0.3) is 0 Å². The first-order valence-electron chi connectivity index (χ1n) is 8.07. The second-order valence-corrected chi connectivity index (χ2v) is 6.39. The van der Waals surface area contributed by atoms with Gasteiger partial charge >= 0.3 is 0 Å². The second-order valence-electron chi connectivity index (χ2n) is 6.39. The first-order chi connectivity index (χ1) is 9.81. The quantitative estimate of drug-likeness (QED) is 0.907. The van der Waals surface area contributed by atoms with Crippen molar-refractivity contribution >= 4 is 0 Å². The van der Waals surface area contributed by atoms with E-state index in [1.54, 1.807) is 0 Å². The fourth-order valence-electron chi connectivity index (χ4n) is 3.76. The van der Waals surface area contributed by atoms with E-state index < -0.39 is 0 Å². The van der Waals surface area contributed by atoms with Gasteiger partial charge in [0, 0.05) is 25.2 Å². The summed E-state index contributed by atoms with van der Waals surface area (Å²) >= 11 is 0. The second kappa shape index (κ2) is 6.70. The Kier molecular flexibility index (Phi) is 4.71. The molecule has 3 heteroatoms. The smallest absolute Gasteiger partial charge is 0.0223 e. The van der Waals surface area contributed by atoms with Crippen molar-refractivity contribution in [3.8, 4) is 0 Å². The highest BCUT2D eigenvalue weighted by atomic mass is 15.3. The molecule has 0 bridgehead atoms. The van der Waals surface area contributed by atoms with E-state index in [0.29, 0.717) is 0 Å². The van der Waals surface area contributed by atoms with Crippen LogP contribution in [0.2, 0.25) is 0 Å². The lowest BCUT2D eigenvalue weighted by Gasteiger charge is -2.27. The zero-order valence-electron chi connectivity index (χ0n) is 12.4. The van der Waals surface area contributed by atoms with Crippen LogP contribution in [0.15, 0.2) is 30.3 Å². The van der Waals surface area contributed by atoms with Gasteiger partial charge in [0.05, 0.1) is 0 Å². The zero-order valence-corrected chi connectivity index (χ0v) is 12.4. The maximum Gasteiger partial charge on any atom is 0.0223 e. The molecule has 0 aliphatic carbocycles. The van der Waals surface area contributed by atoms with Crippen LogP contribution in [0.1, 0.15) is 24.8 Å². The predicted octanol–water partition coefficient (Wildman–Crippen LogP) is 1.73. The van der Waals surface area contributed by atoms with Crippen LogP contribution in [0.5, 0.6) is 0 Å². The maximum atomic E-state index is 6.37. The highest BCUT2D eigenvalue weighted by molar-refractivity contribution is 5.15. The van der Waals surface area contributed by atoms with Crippen LogP contribution >= 0.6 is 0 Å². The minimum absolute atomic E-state index is 0.255. The Hall–Kier alpha value is -0.900. The molecule has 110 valence electrons. The van der Waals surface area contributed by atoms with Crippen LogP contribution < -0.4 is 5.73 Å². The van der Waals surface area contributed by atoms with E-state index in [2.05, 4.69) is 40.1 Å². The summed E-state index contributed by atoms with van der Waals surface area (Å²) in [7, 11) is 0. The average Bonchev–Trinajstić information content (AvgIpc) is 2.79. The zero-order chi connectivity index (χ0) is 13.8. The summed E-state index contributed by atoms with van der Waals surface area (Å²) in [5.41, 5.74) is 7.73. The molecule has 2 fully saturated rings. The van der Waals surface area contributed by atoms with Gasteiger partial charge < -0.3 is 10.6 Å². The van der Waals surface area contributed by atoms with Gasteiger partial charge in [-0.15, -0.1) is 0 Å². The Bertz CT molecular complexity index is 406. The normalized spacial score (nSPS) is 26.1. The summed E-state index contributed by atoms with van der Waals surface area (Å²) < 4.78 is 0. The lowest BCUT2D eigenvalue weighted by Crippen LogP contribution is -2.43. The van der Waals surface area contributed by atoms with E-state index >= 15 is 0 Å². The van der Waals surface area contributed by atoms with Gasteiger partial charge in [-0.25, -0.2) is 0 Å². The van der Waals surface area contributed by atoms with Crippen molar-refractivity contribution in [3.05, 3.63) is 35.9 Å². The Morgan fingerprint density at radius 2 is 1.90 bits per heavy atom. The molecule has 0 saturated carbocycles. The Balaban J connectivity index is 1.51. The fraction of sp³-hybridized carbons (Fsp3) is 0.647. The molecule has 20 heavy (non-hydrogen) atoms. The van der Waals surface area contributed by atoms with E-state index in [1.807, 2.05) is 0 Å². The number of hydrogen-bond donors (Lipinski definition) is 1. The van der Waals surface area contributed by atoms with Crippen molar-refractivity contribution in [1.82, 2.24) is 9.80 Å². The molecule has 2 unspecified atom stereocenters. The summed E-state index contributed by atoms with van der Waals surface area (Å²) in [6, 6.07) is 11.7. The average molecular weight is 273 g/mol. The maximum absolute atomic E-state index is 6.37. The molecule has 2 saturated heterocycles. The Labute approximate surface area is 122 Å². The number of benzene rings is 1. The number of rotatable bonds is 4. The van der Waals surface area contributed by atoms with Gasteiger partial charge in [-0.05, 0) is 50.9 Å². The van der Waals surface area contributed by atoms with Crippen LogP contribution in [-0.4, -0.2) is 54.6 Å².